The summed E-state index contributed by atoms with van der Waals surface area (Å²) in [7, 11) is 0. The van der Waals surface area contributed by atoms with Crippen molar-refractivity contribution in [2.24, 2.45) is 10.2 Å². The Morgan fingerprint density at radius 2 is 1.92 bits per heavy atom. The zero-order valence-electron chi connectivity index (χ0n) is 14.7. The van der Waals surface area contributed by atoms with Gasteiger partial charge in [0.1, 0.15) is 0 Å². The van der Waals surface area contributed by atoms with Gasteiger partial charge in [0.2, 0.25) is 5.91 Å². The number of amides is 1. The molecule has 1 heterocycles. The number of amidine groups is 1. The first kappa shape index (κ1) is 18.7. The third kappa shape index (κ3) is 4.34. The van der Waals surface area contributed by atoms with Crippen molar-refractivity contribution in [3.05, 3.63) is 70.2 Å². The number of carbonyl (C=O) groups is 1. The number of thioether (sulfide) groups is 1. The summed E-state index contributed by atoms with van der Waals surface area (Å²) in [5.41, 5.74) is 3.19. The van der Waals surface area contributed by atoms with Crippen LogP contribution in [-0.2, 0) is 11.3 Å². The lowest BCUT2D eigenvalue weighted by atomic mass is 10.1. The summed E-state index contributed by atoms with van der Waals surface area (Å²) in [4.78, 5) is 14.4. The van der Waals surface area contributed by atoms with Crippen molar-refractivity contribution >= 4 is 40.7 Å². The van der Waals surface area contributed by atoms with Crippen molar-refractivity contribution in [1.82, 2.24) is 4.90 Å². The van der Waals surface area contributed by atoms with Gasteiger partial charge >= 0.3 is 0 Å². The molecule has 1 saturated heterocycles. The zero-order chi connectivity index (χ0) is 18.5. The molecule has 1 amide bonds. The van der Waals surface area contributed by atoms with E-state index in [4.69, 9.17) is 11.6 Å². The van der Waals surface area contributed by atoms with Crippen molar-refractivity contribution < 1.29 is 4.79 Å². The van der Waals surface area contributed by atoms with Crippen LogP contribution in [0.3, 0.4) is 0 Å². The van der Waals surface area contributed by atoms with Crippen LogP contribution >= 0.6 is 23.4 Å². The van der Waals surface area contributed by atoms with Crippen molar-refractivity contribution in [2.45, 2.75) is 32.1 Å². The predicted molar refractivity (Wildman–Crippen MR) is 110 cm³/mol. The molecule has 0 saturated carbocycles. The van der Waals surface area contributed by atoms with E-state index in [-0.39, 0.29) is 11.2 Å². The standard InChI is InChI=1S/C20H20ClN3OS/c1-3-18-19(25)24(13-16-7-5-4-6-14(16)2)20(26-18)23-22-12-15-8-10-17(21)11-9-15/h4-12,18H,3,13H2,1-2H3/b22-12-,23-20-/t18-/m0/s1. The molecule has 4 nitrogen and oxygen atoms in total. The largest absolute Gasteiger partial charge is 0.284 e. The van der Waals surface area contributed by atoms with Gasteiger partial charge in [-0.3, -0.25) is 9.69 Å². The number of nitrogens with zero attached hydrogens (tertiary/aromatic N) is 3. The number of aryl methyl sites for hydroxylation is 1. The Balaban J connectivity index is 1.81. The molecule has 1 atom stereocenters. The molecule has 1 aliphatic heterocycles. The predicted octanol–water partition coefficient (Wildman–Crippen LogP) is 4.89. The molecule has 134 valence electrons. The van der Waals surface area contributed by atoms with Crippen LogP contribution in [0.1, 0.15) is 30.0 Å². The minimum absolute atomic E-state index is 0.0940. The molecule has 0 aliphatic carbocycles. The molecule has 2 aromatic carbocycles. The van der Waals surface area contributed by atoms with E-state index in [1.54, 1.807) is 11.1 Å². The fourth-order valence-corrected chi connectivity index (χ4v) is 3.79. The van der Waals surface area contributed by atoms with Gasteiger partial charge in [0.25, 0.3) is 0 Å². The maximum atomic E-state index is 12.7. The minimum atomic E-state index is -0.0940. The van der Waals surface area contributed by atoms with Crippen LogP contribution in [0, 0.1) is 6.92 Å². The fraction of sp³-hybridized carbons (Fsp3) is 0.250. The maximum absolute atomic E-state index is 12.7. The normalized spacial score (nSPS) is 19.0. The van der Waals surface area contributed by atoms with Crippen LogP contribution in [0.2, 0.25) is 5.02 Å². The summed E-state index contributed by atoms with van der Waals surface area (Å²) in [6, 6.07) is 15.4. The summed E-state index contributed by atoms with van der Waals surface area (Å²) in [6.07, 6.45) is 2.44. The molecule has 6 heteroatoms. The van der Waals surface area contributed by atoms with Crippen molar-refractivity contribution in [2.75, 3.05) is 0 Å². The number of rotatable bonds is 5. The van der Waals surface area contributed by atoms with E-state index in [1.807, 2.05) is 49.4 Å². The Kier molecular flexibility index (Phi) is 6.12. The highest BCUT2D eigenvalue weighted by Crippen LogP contribution is 2.31. The highest BCUT2D eigenvalue weighted by Gasteiger charge is 2.37. The van der Waals surface area contributed by atoms with Crippen molar-refractivity contribution in [3.63, 3.8) is 0 Å². The topological polar surface area (TPSA) is 45.0 Å². The first-order valence-corrected chi connectivity index (χ1v) is 9.73. The lowest BCUT2D eigenvalue weighted by Crippen LogP contribution is -2.31. The summed E-state index contributed by atoms with van der Waals surface area (Å²) in [6.45, 7) is 4.58. The number of halogens is 1. The maximum Gasteiger partial charge on any atom is 0.242 e. The van der Waals surface area contributed by atoms with Gasteiger partial charge in [0.05, 0.1) is 18.0 Å². The van der Waals surface area contributed by atoms with Crippen molar-refractivity contribution in [1.29, 1.82) is 0 Å². The van der Waals surface area contributed by atoms with Crippen LogP contribution in [0.5, 0.6) is 0 Å². The van der Waals surface area contributed by atoms with Gasteiger partial charge in [0, 0.05) is 5.02 Å². The van der Waals surface area contributed by atoms with Gasteiger partial charge in [-0.1, -0.05) is 66.7 Å². The monoisotopic (exact) mass is 385 g/mol. The van der Waals surface area contributed by atoms with E-state index < -0.39 is 0 Å². The average molecular weight is 386 g/mol. The zero-order valence-corrected chi connectivity index (χ0v) is 16.3. The van der Waals surface area contributed by atoms with Gasteiger partial charge in [-0.2, -0.15) is 5.10 Å². The molecule has 1 aliphatic rings. The summed E-state index contributed by atoms with van der Waals surface area (Å²) < 4.78 is 0. The van der Waals surface area contributed by atoms with Gasteiger partial charge in [0.15, 0.2) is 5.17 Å². The highest BCUT2D eigenvalue weighted by molar-refractivity contribution is 8.15. The van der Waals surface area contributed by atoms with E-state index in [0.29, 0.717) is 16.7 Å². The Bertz CT molecular complexity index is 848. The van der Waals surface area contributed by atoms with E-state index in [2.05, 4.69) is 23.2 Å². The van der Waals surface area contributed by atoms with Gasteiger partial charge in [-0.05, 0) is 42.2 Å². The second-order valence-corrected chi connectivity index (χ2v) is 7.65. The van der Waals surface area contributed by atoms with Crippen LogP contribution in [0.25, 0.3) is 0 Å². The number of hydrogen-bond donors (Lipinski definition) is 0. The van der Waals surface area contributed by atoms with Gasteiger partial charge in [-0.25, -0.2) is 0 Å². The lowest BCUT2D eigenvalue weighted by Gasteiger charge is -2.17. The Morgan fingerprint density at radius 1 is 1.19 bits per heavy atom. The van der Waals surface area contributed by atoms with E-state index in [1.165, 1.54) is 11.8 Å². The third-order valence-corrected chi connectivity index (χ3v) is 5.78. The molecule has 0 aromatic heterocycles. The van der Waals surface area contributed by atoms with Gasteiger partial charge < -0.3 is 0 Å². The highest BCUT2D eigenvalue weighted by atomic mass is 35.5. The molecule has 3 rings (SSSR count). The van der Waals surface area contributed by atoms with Crippen LogP contribution in [0.15, 0.2) is 58.7 Å². The SMILES string of the molecule is CC[C@@H]1S/C(=N\N=C/c2ccc(Cl)cc2)N(Cc2ccccc2C)C1=O. The summed E-state index contributed by atoms with van der Waals surface area (Å²) in [5, 5.41) is 9.73. The number of carbonyl (C=O) groups excluding carboxylic acids is 1. The second-order valence-electron chi connectivity index (χ2n) is 6.04. The van der Waals surface area contributed by atoms with E-state index >= 15 is 0 Å². The molecule has 0 radical (unpaired) electrons. The lowest BCUT2D eigenvalue weighted by molar-refractivity contribution is -0.126. The smallest absolute Gasteiger partial charge is 0.242 e. The number of benzene rings is 2. The number of hydrogen-bond acceptors (Lipinski definition) is 4. The molecule has 26 heavy (non-hydrogen) atoms. The molecule has 0 unspecified atom stereocenters. The Hall–Kier alpha value is -2.11. The average Bonchev–Trinajstić information content (AvgIpc) is 2.94. The molecule has 2 aromatic rings. The fourth-order valence-electron chi connectivity index (χ4n) is 2.64. The Morgan fingerprint density at radius 3 is 2.62 bits per heavy atom. The first-order valence-electron chi connectivity index (χ1n) is 8.47. The molecular formula is C20H20ClN3OS. The molecular weight excluding hydrogens is 366 g/mol. The molecule has 0 spiro atoms. The van der Waals surface area contributed by atoms with Crippen molar-refractivity contribution in [3.8, 4) is 0 Å². The van der Waals surface area contributed by atoms with Crippen LogP contribution in [0.4, 0.5) is 0 Å². The second kappa shape index (κ2) is 8.52. The van der Waals surface area contributed by atoms with Crippen LogP contribution in [-0.4, -0.2) is 27.4 Å². The molecule has 1 fully saturated rings. The third-order valence-electron chi connectivity index (χ3n) is 4.20. The molecule has 0 N–H and O–H groups in total. The minimum Gasteiger partial charge on any atom is -0.284 e. The van der Waals surface area contributed by atoms with Gasteiger partial charge in [-0.15, -0.1) is 5.10 Å². The van der Waals surface area contributed by atoms with E-state index in [9.17, 15) is 4.79 Å². The summed E-state index contributed by atoms with van der Waals surface area (Å²) in [5.74, 6) is 0.0983. The quantitative estimate of drug-likeness (QED) is 0.543. The molecule has 0 bridgehead atoms. The first-order chi connectivity index (χ1) is 12.6. The summed E-state index contributed by atoms with van der Waals surface area (Å²) >= 11 is 7.37. The van der Waals surface area contributed by atoms with E-state index in [0.717, 1.165) is 23.1 Å². The van der Waals surface area contributed by atoms with Crippen LogP contribution < -0.4 is 0 Å². The Labute approximate surface area is 163 Å².